The molecular formula is C16H19NO3S. The molecule has 112 valence electrons. The maximum Gasteiger partial charge on any atom is 0.216 e. The van der Waals surface area contributed by atoms with E-state index < -0.39 is 9.84 Å². The molecule has 0 spiro atoms. The molecule has 1 N–H and O–H groups in total. The normalized spacial score (nSPS) is 11.5. The largest absolute Gasteiger partial charge is 0.356 e. The van der Waals surface area contributed by atoms with E-state index in [1.54, 1.807) is 19.1 Å². The van der Waals surface area contributed by atoms with E-state index in [1.807, 2.05) is 24.3 Å². The number of fused-ring (bicyclic) bond motifs is 1. The molecule has 0 radical (unpaired) electrons. The fraction of sp³-hybridized carbons (Fsp3) is 0.312. The molecule has 0 aromatic heterocycles. The van der Waals surface area contributed by atoms with Crippen molar-refractivity contribution in [3.8, 4) is 0 Å². The molecule has 0 saturated heterocycles. The minimum absolute atomic E-state index is 0.0653. The Kier molecular flexibility index (Phi) is 4.63. The molecule has 2 aromatic rings. The minimum atomic E-state index is -3.21. The standard InChI is InChI=1S/C16H19NO3S/c1-3-21(19,20)15-8-7-13-5-4-6-14(16(13)11-15)9-10-17-12(2)18/h4-8,11H,3,9-10H2,1-2H3,(H,17,18). The van der Waals surface area contributed by atoms with Crippen molar-refractivity contribution in [2.24, 2.45) is 0 Å². The average Bonchev–Trinajstić information content (AvgIpc) is 2.46. The lowest BCUT2D eigenvalue weighted by Gasteiger charge is -2.09. The molecule has 0 fully saturated rings. The van der Waals surface area contributed by atoms with E-state index in [2.05, 4.69) is 5.32 Å². The third kappa shape index (κ3) is 3.61. The van der Waals surface area contributed by atoms with Crippen LogP contribution in [0, 0.1) is 0 Å². The summed E-state index contributed by atoms with van der Waals surface area (Å²) in [6.45, 7) is 3.66. The topological polar surface area (TPSA) is 63.2 Å². The van der Waals surface area contributed by atoms with Crippen LogP contribution in [0.3, 0.4) is 0 Å². The molecule has 2 aromatic carbocycles. The molecule has 2 rings (SSSR count). The first kappa shape index (κ1) is 15.5. The van der Waals surface area contributed by atoms with Crippen LogP contribution in [0.15, 0.2) is 41.3 Å². The van der Waals surface area contributed by atoms with E-state index in [0.29, 0.717) is 17.9 Å². The Hall–Kier alpha value is -1.88. The van der Waals surface area contributed by atoms with Gasteiger partial charge in [-0.2, -0.15) is 0 Å². The first-order valence-electron chi connectivity index (χ1n) is 6.93. The van der Waals surface area contributed by atoms with Crippen molar-refractivity contribution in [3.05, 3.63) is 42.0 Å². The van der Waals surface area contributed by atoms with Gasteiger partial charge >= 0.3 is 0 Å². The first-order chi connectivity index (χ1) is 9.94. The second kappa shape index (κ2) is 6.26. The monoisotopic (exact) mass is 305 g/mol. The smallest absolute Gasteiger partial charge is 0.216 e. The predicted octanol–water partition coefficient (Wildman–Crippen LogP) is 2.31. The third-order valence-corrected chi connectivity index (χ3v) is 5.18. The van der Waals surface area contributed by atoms with Crippen molar-refractivity contribution >= 4 is 26.5 Å². The van der Waals surface area contributed by atoms with Crippen molar-refractivity contribution in [3.63, 3.8) is 0 Å². The summed E-state index contributed by atoms with van der Waals surface area (Å²) in [6.07, 6.45) is 0.673. The molecule has 1 amide bonds. The van der Waals surface area contributed by atoms with Gasteiger partial charge in [0.1, 0.15) is 0 Å². The zero-order chi connectivity index (χ0) is 15.5. The van der Waals surface area contributed by atoms with Crippen LogP contribution in [0.5, 0.6) is 0 Å². The molecular weight excluding hydrogens is 286 g/mol. The van der Waals surface area contributed by atoms with Gasteiger partial charge in [0.15, 0.2) is 9.84 Å². The molecule has 0 heterocycles. The van der Waals surface area contributed by atoms with Crippen LogP contribution in [-0.4, -0.2) is 26.6 Å². The summed E-state index contributed by atoms with van der Waals surface area (Å²) >= 11 is 0. The van der Waals surface area contributed by atoms with E-state index in [-0.39, 0.29) is 11.7 Å². The second-order valence-corrected chi connectivity index (χ2v) is 7.21. The van der Waals surface area contributed by atoms with Gasteiger partial charge in [-0.15, -0.1) is 0 Å². The third-order valence-electron chi connectivity index (χ3n) is 3.45. The Morgan fingerprint density at radius 2 is 1.95 bits per heavy atom. The maximum absolute atomic E-state index is 12.0. The fourth-order valence-corrected chi connectivity index (χ4v) is 3.17. The SMILES string of the molecule is CCS(=O)(=O)c1ccc2cccc(CCNC(C)=O)c2c1. The molecule has 0 aliphatic heterocycles. The molecule has 0 unspecified atom stereocenters. The molecule has 0 atom stereocenters. The van der Waals surface area contributed by atoms with Crippen molar-refractivity contribution in [1.82, 2.24) is 5.32 Å². The molecule has 0 saturated carbocycles. The number of amides is 1. The highest BCUT2D eigenvalue weighted by Crippen LogP contribution is 2.23. The van der Waals surface area contributed by atoms with E-state index in [4.69, 9.17) is 0 Å². The molecule has 5 heteroatoms. The van der Waals surface area contributed by atoms with Gasteiger partial charge in [-0.3, -0.25) is 4.79 Å². The van der Waals surface area contributed by atoms with Crippen LogP contribution >= 0.6 is 0 Å². The summed E-state index contributed by atoms with van der Waals surface area (Å²) in [5.41, 5.74) is 1.04. The average molecular weight is 305 g/mol. The lowest BCUT2D eigenvalue weighted by Crippen LogP contribution is -2.22. The summed E-state index contributed by atoms with van der Waals surface area (Å²) in [5, 5.41) is 4.69. The summed E-state index contributed by atoms with van der Waals surface area (Å²) in [6, 6.07) is 11.1. The Labute approximate surface area is 125 Å². The zero-order valence-corrected chi connectivity index (χ0v) is 13.0. The van der Waals surface area contributed by atoms with Gasteiger partial charge in [-0.05, 0) is 34.9 Å². The van der Waals surface area contributed by atoms with Crippen LogP contribution in [0.2, 0.25) is 0 Å². The highest BCUT2D eigenvalue weighted by atomic mass is 32.2. The van der Waals surface area contributed by atoms with Gasteiger partial charge in [0.05, 0.1) is 10.6 Å². The van der Waals surface area contributed by atoms with Gasteiger partial charge in [0.25, 0.3) is 0 Å². The Balaban J connectivity index is 2.42. The number of nitrogens with one attached hydrogen (secondary N) is 1. The maximum atomic E-state index is 12.0. The van der Waals surface area contributed by atoms with Gasteiger partial charge in [-0.1, -0.05) is 31.2 Å². The molecule has 0 aliphatic carbocycles. The summed E-state index contributed by atoms with van der Waals surface area (Å²) in [7, 11) is -3.21. The van der Waals surface area contributed by atoms with Crippen molar-refractivity contribution in [1.29, 1.82) is 0 Å². The Morgan fingerprint density at radius 3 is 2.62 bits per heavy atom. The number of carbonyl (C=O) groups is 1. The Morgan fingerprint density at radius 1 is 1.19 bits per heavy atom. The van der Waals surface area contributed by atoms with Crippen LogP contribution in [0.25, 0.3) is 10.8 Å². The highest BCUT2D eigenvalue weighted by Gasteiger charge is 2.12. The van der Waals surface area contributed by atoms with Crippen LogP contribution < -0.4 is 5.32 Å². The number of hydrogen-bond donors (Lipinski definition) is 1. The van der Waals surface area contributed by atoms with Crippen molar-refractivity contribution in [2.75, 3.05) is 12.3 Å². The van der Waals surface area contributed by atoms with E-state index in [9.17, 15) is 13.2 Å². The van der Waals surface area contributed by atoms with Gasteiger partial charge in [-0.25, -0.2) is 8.42 Å². The molecule has 21 heavy (non-hydrogen) atoms. The Bertz CT molecular complexity index is 766. The van der Waals surface area contributed by atoms with E-state index in [1.165, 1.54) is 6.92 Å². The lowest BCUT2D eigenvalue weighted by molar-refractivity contribution is -0.118. The van der Waals surface area contributed by atoms with Crippen LogP contribution in [0.4, 0.5) is 0 Å². The van der Waals surface area contributed by atoms with Gasteiger partial charge in [0.2, 0.25) is 5.91 Å². The van der Waals surface area contributed by atoms with Crippen LogP contribution in [0.1, 0.15) is 19.4 Å². The zero-order valence-electron chi connectivity index (χ0n) is 12.2. The number of rotatable bonds is 5. The summed E-state index contributed by atoms with van der Waals surface area (Å²) in [5.74, 6) is 0.0246. The number of carbonyl (C=O) groups excluding carboxylic acids is 1. The molecule has 0 bridgehead atoms. The van der Waals surface area contributed by atoms with Crippen molar-refractivity contribution < 1.29 is 13.2 Å². The van der Waals surface area contributed by atoms with Crippen molar-refractivity contribution in [2.45, 2.75) is 25.2 Å². The number of sulfone groups is 1. The fourth-order valence-electron chi connectivity index (χ4n) is 2.27. The summed E-state index contributed by atoms with van der Waals surface area (Å²) < 4.78 is 24.0. The first-order valence-corrected chi connectivity index (χ1v) is 8.58. The lowest BCUT2D eigenvalue weighted by atomic mass is 10.0. The van der Waals surface area contributed by atoms with Crippen LogP contribution in [-0.2, 0) is 21.1 Å². The second-order valence-electron chi connectivity index (χ2n) is 4.94. The predicted molar refractivity (Wildman–Crippen MR) is 84.1 cm³/mol. The van der Waals surface area contributed by atoms with Gasteiger partial charge < -0.3 is 5.32 Å². The number of benzene rings is 2. The molecule has 0 aliphatic rings. The minimum Gasteiger partial charge on any atom is -0.356 e. The highest BCUT2D eigenvalue weighted by molar-refractivity contribution is 7.91. The molecule has 4 nitrogen and oxygen atoms in total. The summed E-state index contributed by atoms with van der Waals surface area (Å²) in [4.78, 5) is 11.3. The van der Waals surface area contributed by atoms with E-state index in [0.717, 1.165) is 16.3 Å². The quantitative estimate of drug-likeness (QED) is 0.922. The number of hydrogen-bond acceptors (Lipinski definition) is 3. The van der Waals surface area contributed by atoms with E-state index >= 15 is 0 Å². The van der Waals surface area contributed by atoms with Gasteiger partial charge in [0, 0.05) is 13.5 Å².